The van der Waals surface area contributed by atoms with Crippen LogP contribution in [0.5, 0.6) is 0 Å². The number of aryl methyl sites for hydroxylation is 3. The van der Waals surface area contributed by atoms with Crippen LogP contribution in [0.3, 0.4) is 0 Å². The topological polar surface area (TPSA) is 38.1 Å². The second kappa shape index (κ2) is 5.34. The van der Waals surface area contributed by atoms with E-state index in [1.165, 1.54) is 11.1 Å². The van der Waals surface area contributed by atoms with Crippen molar-refractivity contribution >= 4 is 11.0 Å². The monoisotopic (exact) mass is 280 g/mol. The van der Waals surface area contributed by atoms with E-state index in [0.717, 1.165) is 22.4 Å². The second-order valence-corrected chi connectivity index (χ2v) is 5.64. The molecule has 0 spiro atoms. The molecular formula is C18H20N2O. The fraction of sp³-hybridized carbons (Fsp3) is 0.278. The molecule has 1 unspecified atom stereocenters. The van der Waals surface area contributed by atoms with Gasteiger partial charge in [-0.05, 0) is 42.7 Å². The molecule has 3 nitrogen and oxygen atoms in total. The highest BCUT2D eigenvalue weighted by atomic mass is 16.3. The molecule has 0 fully saturated rings. The summed E-state index contributed by atoms with van der Waals surface area (Å²) >= 11 is 0. The number of para-hydroxylation sites is 2. The summed E-state index contributed by atoms with van der Waals surface area (Å²) in [5.41, 5.74) is 5.47. The van der Waals surface area contributed by atoms with Crippen molar-refractivity contribution in [2.24, 2.45) is 7.05 Å². The van der Waals surface area contributed by atoms with E-state index in [1.807, 2.05) is 37.4 Å². The lowest BCUT2D eigenvalue weighted by molar-refractivity contribution is 0.175. The zero-order valence-corrected chi connectivity index (χ0v) is 12.7. The molecule has 0 amide bonds. The van der Waals surface area contributed by atoms with Crippen molar-refractivity contribution in [2.75, 3.05) is 0 Å². The van der Waals surface area contributed by atoms with Gasteiger partial charge < -0.3 is 9.67 Å². The minimum absolute atomic E-state index is 0.522. The van der Waals surface area contributed by atoms with Crippen LogP contribution in [-0.4, -0.2) is 14.7 Å². The molecule has 0 aliphatic heterocycles. The number of hydrogen-bond acceptors (Lipinski definition) is 2. The van der Waals surface area contributed by atoms with Gasteiger partial charge in [0.2, 0.25) is 0 Å². The largest absolute Gasteiger partial charge is 0.388 e. The number of rotatable bonds is 3. The third kappa shape index (κ3) is 2.57. The first-order chi connectivity index (χ1) is 10.1. The molecule has 0 radical (unpaired) electrons. The van der Waals surface area contributed by atoms with Crippen molar-refractivity contribution in [3.8, 4) is 0 Å². The highest BCUT2D eigenvalue weighted by molar-refractivity contribution is 5.75. The molecule has 21 heavy (non-hydrogen) atoms. The van der Waals surface area contributed by atoms with Crippen LogP contribution >= 0.6 is 0 Å². The molecule has 0 saturated carbocycles. The number of fused-ring (bicyclic) bond motifs is 1. The number of hydrogen-bond donors (Lipinski definition) is 1. The van der Waals surface area contributed by atoms with Crippen LogP contribution in [0.25, 0.3) is 11.0 Å². The summed E-state index contributed by atoms with van der Waals surface area (Å²) in [5, 5.41) is 10.5. The highest BCUT2D eigenvalue weighted by Crippen LogP contribution is 2.22. The molecule has 3 rings (SSSR count). The summed E-state index contributed by atoms with van der Waals surface area (Å²) in [6, 6.07) is 14.2. The molecule has 1 aromatic heterocycles. The van der Waals surface area contributed by atoms with E-state index in [0.29, 0.717) is 6.42 Å². The summed E-state index contributed by atoms with van der Waals surface area (Å²) < 4.78 is 2.06. The van der Waals surface area contributed by atoms with E-state index in [2.05, 4.69) is 35.5 Å². The summed E-state index contributed by atoms with van der Waals surface area (Å²) in [7, 11) is 2.00. The first-order valence-corrected chi connectivity index (χ1v) is 7.22. The van der Waals surface area contributed by atoms with Gasteiger partial charge in [-0.3, -0.25) is 0 Å². The Hall–Kier alpha value is -2.13. The first-order valence-electron chi connectivity index (χ1n) is 7.22. The number of imidazole rings is 1. The fourth-order valence-corrected chi connectivity index (χ4v) is 2.64. The molecule has 1 heterocycles. The zero-order chi connectivity index (χ0) is 15.0. The van der Waals surface area contributed by atoms with E-state index in [-0.39, 0.29) is 0 Å². The van der Waals surface area contributed by atoms with Crippen molar-refractivity contribution in [3.63, 3.8) is 0 Å². The Bertz CT molecular complexity index is 789. The average molecular weight is 280 g/mol. The van der Waals surface area contributed by atoms with Crippen LogP contribution in [0.1, 0.15) is 28.6 Å². The first kappa shape index (κ1) is 13.8. The number of aliphatic hydroxyl groups is 1. The SMILES string of the molecule is Cc1ccc(C(O)Cc2nc3ccccc3n2C)cc1C. The predicted molar refractivity (Wildman–Crippen MR) is 85.3 cm³/mol. The molecule has 108 valence electrons. The Morgan fingerprint density at radius 3 is 2.57 bits per heavy atom. The van der Waals surface area contributed by atoms with Crippen LogP contribution < -0.4 is 0 Å². The third-order valence-corrected chi connectivity index (χ3v) is 4.17. The normalized spacial score (nSPS) is 12.8. The summed E-state index contributed by atoms with van der Waals surface area (Å²) in [6.07, 6.45) is -0.00644. The number of benzene rings is 2. The van der Waals surface area contributed by atoms with Crippen molar-refractivity contribution in [1.29, 1.82) is 0 Å². The zero-order valence-electron chi connectivity index (χ0n) is 12.7. The van der Waals surface area contributed by atoms with Gasteiger partial charge in [-0.15, -0.1) is 0 Å². The van der Waals surface area contributed by atoms with Crippen molar-refractivity contribution in [2.45, 2.75) is 26.4 Å². The second-order valence-electron chi connectivity index (χ2n) is 5.64. The van der Waals surface area contributed by atoms with Crippen LogP contribution in [-0.2, 0) is 13.5 Å². The summed E-state index contributed by atoms with van der Waals surface area (Å²) in [5.74, 6) is 0.905. The van der Waals surface area contributed by atoms with Gasteiger partial charge in [-0.1, -0.05) is 30.3 Å². The fourth-order valence-electron chi connectivity index (χ4n) is 2.64. The number of nitrogens with zero attached hydrogens (tertiary/aromatic N) is 2. The molecule has 0 saturated heterocycles. The van der Waals surface area contributed by atoms with Gasteiger partial charge in [0.05, 0.1) is 17.1 Å². The molecule has 3 aromatic rings. The lowest BCUT2D eigenvalue weighted by Crippen LogP contribution is -2.07. The lowest BCUT2D eigenvalue weighted by atomic mass is 10.0. The average Bonchev–Trinajstić information content (AvgIpc) is 2.79. The standard InChI is InChI=1S/C18H20N2O/c1-12-8-9-14(10-13(12)2)17(21)11-18-19-15-6-4-5-7-16(15)20(18)3/h4-10,17,21H,11H2,1-3H3. The maximum absolute atomic E-state index is 10.5. The quantitative estimate of drug-likeness (QED) is 0.797. The van der Waals surface area contributed by atoms with E-state index < -0.39 is 6.10 Å². The lowest BCUT2D eigenvalue weighted by Gasteiger charge is -2.12. The molecule has 2 aromatic carbocycles. The molecule has 0 aliphatic carbocycles. The van der Waals surface area contributed by atoms with Gasteiger partial charge in [-0.25, -0.2) is 4.98 Å². The van der Waals surface area contributed by atoms with E-state index in [4.69, 9.17) is 0 Å². The molecule has 0 aliphatic rings. The molecule has 3 heteroatoms. The summed E-state index contributed by atoms with van der Waals surface area (Å²) in [6.45, 7) is 4.15. The Morgan fingerprint density at radius 1 is 1.10 bits per heavy atom. The van der Waals surface area contributed by atoms with Crippen LogP contribution in [0.4, 0.5) is 0 Å². The van der Waals surface area contributed by atoms with Crippen molar-refractivity contribution in [1.82, 2.24) is 9.55 Å². The van der Waals surface area contributed by atoms with Crippen LogP contribution in [0, 0.1) is 13.8 Å². The van der Waals surface area contributed by atoms with Gasteiger partial charge in [0.15, 0.2) is 0 Å². The van der Waals surface area contributed by atoms with Crippen LogP contribution in [0.2, 0.25) is 0 Å². The maximum atomic E-state index is 10.5. The van der Waals surface area contributed by atoms with Crippen LogP contribution in [0.15, 0.2) is 42.5 Å². The van der Waals surface area contributed by atoms with Crippen molar-refractivity contribution in [3.05, 3.63) is 65.0 Å². The van der Waals surface area contributed by atoms with Gasteiger partial charge in [0.1, 0.15) is 5.82 Å². The Morgan fingerprint density at radius 2 is 1.86 bits per heavy atom. The van der Waals surface area contributed by atoms with Gasteiger partial charge >= 0.3 is 0 Å². The molecular weight excluding hydrogens is 260 g/mol. The number of aromatic nitrogens is 2. The molecule has 1 N–H and O–H groups in total. The predicted octanol–water partition coefficient (Wildman–Crippen LogP) is 3.47. The minimum atomic E-state index is -0.528. The van der Waals surface area contributed by atoms with E-state index in [1.54, 1.807) is 0 Å². The van der Waals surface area contributed by atoms with E-state index in [9.17, 15) is 5.11 Å². The van der Waals surface area contributed by atoms with Gasteiger partial charge in [-0.2, -0.15) is 0 Å². The molecule has 1 atom stereocenters. The highest BCUT2D eigenvalue weighted by Gasteiger charge is 2.14. The third-order valence-electron chi connectivity index (χ3n) is 4.17. The molecule has 0 bridgehead atoms. The number of aliphatic hydroxyl groups excluding tert-OH is 1. The Labute approximate surface area is 124 Å². The van der Waals surface area contributed by atoms with E-state index >= 15 is 0 Å². The minimum Gasteiger partial charge on any atom is -0.388 e. The Kier molecular flexibility index (Phi) is 3.52. The van der Waals surface area contributed by atoms with Gasteiger partial charge in [0.25, 0.3) is 0 Å². The van der Waals surface area contributed by atoms with Crippen molar-refractivity contribution < 1.29 is 5.11 Å². The smallest absolute Gasteiger partial charge is 0.112 e. The maximum Gasteiger partial charge on any atom is 0.112 e. The summed E-state index contributed by atoms with van der Waals surface area (Å²) in [4.78, 5) is 4.62. The van der Waals surface area contributed by atoms with Gasteiger partial charge in [0, 0.05) is 13.5 Å². The Balaban J connectivity index is 1.90.